The van der Waals surface area contributed by atoms with Crippen molar-refractivity contribution in [2.75, 3.05) is 5.73 Å². The van der Waals surface area contributed by atoms with Crippen LogP contribution < -0.4 is 5.73 Å². The van der Waals surface area contributed by atoms with Gasteiger partial charge in [0, 0.05) is 13.1 Å². The second-order valence-corrected chi connectivity index (χ2v) is 7.84. The fraction of sp³-hybridized carbons (Fsp3) is 0.143. The number of anilines is 1. The third kappa shape index (κ3) is 3.18. The van der Waals surface area contributed by atoms with Gasteiger partial charge in [0.15, 0.2) is 17.1 Å². The van der Waals surface area contributed by atoms with E-state index in [1.807, 2.05) is 6.92 Å². The number of fused-ring (bicyclic) bond motifs is 2. The van der Waals surface area contributed by atoms with Gasteiger partial charge in [-0.25, -0.2) is 38.1 Å². The predicted octanol–water partition coefficient (Wildman–Crippen LogP) is 2.22. The lowest BCUT2D eigenvalue weighted by atomic mass is 10.1. The van der Waals surface area contributed by atoms with E-state index in [1.54, 1.807) is 28.8 Å². The van der Waals surface area contributed by atoms with E-state index in [2.05, 4.69) is 35.3 Å². The highest BCUT2D eigenvalue weighted by molar-refractivity contribution is 6.03. The molecule has 5 heterocycles. The van der Waals surface area contributed by atoms with Crippen LogP contribution in [0.1, 0.15) is 18.7 Å². The number of rotatable bonds is 4. The van der Waals surface area contributed by atoms with Gasteiger partial charge in [-0.15, -0.1) is 5.10 Å². The molecular weight excluding hydrogens is 458 g/mol. The lowest BCUT2D eigenvalue weighted by Crippen LogP contribution is -2.10. The molecule has 12 nitrogen and oxygen atoms in total. The van der Waals surface area contributed by atoms with Crippen molar-refractivity contribution in [3.8, 4) is 17.1 Å². The van der Waals surface area contributed by atoms with Gasteiger partial charge in [-0.3, -0.25) is 4.68 Å². The molecule has 1 aromatic carbocycles. The van der Waals surface area contributed by atoms with Crippen LogP contribution in [0.5, 0.6) is 0 Å². The van der Waals surface area contributed by atoms with Crippen molar-refractivity contribution < 1.29 is 8.78 Å². The molecule has 1 atom stereocenters. The highest BCUT2D eigenvalue weighted by atomic mass is 19.1. The molecule has 0 aliphatic rings. The van der Waals surface area contributed by atoms with Crippen molar-refractivity contribution in [3.63, 3.8) is 0 Å². The molecule has 0 radical (unpaired) electrons. The summed E-state index contributed by atoms with van der Waals surface area (Å²) in [6.45, 7) is 1.84. The van der Waals surface area contributed by atoms with Gasteiger partial charge in [0.1, 0.15) is 47.1 Å². The van der Waals surface area contributed by atoms with Crippen LogP contribution in [-0.4, -0.2) is 54.5 Å². The highest BCUT2D eigenvalue weighted by Gasteiger charge is 2.25. The molecule has 0 saturated carbocycles. The molecule has 0 spiro atoms. The molecule has 174 valence electrons. The zero-order chi connectivity index (χ0) is 24.3. The van der Waals surface area contributed by atoms with Crippen LogP contribution in [0.25, 0.3) is 39.1 Å². The highest BCUT2D eigenvalue weighted by Crippen LogP contribution is 2.34. The maximum Gasteiger partial charge on any atom is 0.164 e. The van der Waals surface area contributed by atoms with Crippen molar-refractivity contribution in [3.05, 3.63) is 60.6 Å². The summed E-state index contributed by atoms with van der Waals surface area (Å²) in [6.07, 6.45) is 5.97. The first-order valence-corrected chi connectivity index (χ1v) is 10.4. The van der Waals surface area contributed by atoms with Crippen molar-refractivity contribution >= 4 is 27.9 Å². The van der Waals surface area contributed by atoms with E-state index in [4.69, 9.17) is 10.8 Å². The number of hydrogen-bond acceptors (Lipinski definition) is 9. The first kappa shape index (κ1) is 20.7. The molecule has 0 aliphatic heterocycles. The molecule has 6 aromatic rings. The smallest absolute Gasteiger partial charge is 0.164 e. The molecule has 0 amide bonds. The van der Waals surface area contributed by atoms with E-state index in [0.717, 1.165) is 12.1 Å². The van der Waals surface area contributed by atoms with Gasteiger partial charge in [0.05, 0.1) is 29.2 Å². The summed E-state index contributed by atoms with van der Waals surface area (Å²) in [6, 6.07) is 2.74. The summed E-state index contributed by atoms with van der Waals surface area (Å²) in [4.78, 5) is 17.2. The monoisotopic (exact) mass is 474 g/mol. The number of hydrogen-bond donors (Lipinski definition) is 1. The zero-order valence-corrected chi connectivity index (χ0v) is 18.4. The van der Waals surface area contributed by atoms with Gasteiger partial charge >= 0.3 is 0 Å². The van der Waals surface area contributed by atoms with Gasteiger partial charge in [0.2, 0.25) is 0 Å². The van der Waals surface area contributed by atoms with Crippen LogP contribution in [0.4, 0.5) is 14.6 Å². The Kier molecular flexibility index (Phi) is 4.48. The first-order valence-electron chi connectivity index (χ1n) is 10.4. The Bertz CT molecular complexity index is 1730. The maximum absolute atomic E-state index is 14.2. The van der Waals surface area contributed by atoms with Crippen LogP contribution >= 0.6 is 0 Å². The van der Waals surface area contributed by atoms with Gasteiger partial charge in [-0.05, 0) is 19.1 Å². The van der Waals surface area contributed by atoms with E-state index >= 15 is 0 Å². The van der Waals surface area contributed by atoms with Crippen molar-refractivity contribution in [1.82, 2.24) is 54.5 Å². The number of halogens is 2. The molecule has 0 bridgehead atoms. The van der Waals surface area contributed by atoms with E-state index in [1.165, 1.54) is 23.4 Å². The molecular formula is C21H16F2N12. The van der Waals surface area contributed by atoms with Gasteiger partial charge in [-0.2, -0.15) is 10.2 Å². The molecule has 1 unspecified atom stereocenters. The molecule has 0 aliphatic carbocycles. The maximum atomic E-state index is 14.2. The van der Waals surface area contributed by atoms with E-state index in [9.17, 15) is 8.78 Å². The number of benzene rings is 1. The summed E-state index contributed by atoms with van der Waals surface area (Å²) in [5, 5.41) is 18.4. The fourth-order valence-electron chi connectivity index (χ4n) is 3.96. The summed E-state index contributed by atoms with van der Waals surface area (Å²) in [7, 11) is 1.78. The number of aromatic nitrogens is 11. The Balaban J connectivity index is 1.50. The molecule has 14 heteroatoms. The molecule has 0 saturated heterocycles. The second kappa shape index (κ2) is 7.58. The van der Waals surface area contributed by atoms with Crippen LogP contribution in [0, 0.1) is 11.6 Å². The van der Waals surface area contributed by atoms with Crippen LogP contribution in [0.15, 0.2) is 43.2 Å². The third-order valence-corrected chi connectivity index (χ3v) is 5.73. The number of nitrogens with zero attached hydrogens (tertiary/aromatic N) is 11. The number of nitrogen functional groups attached to an aromatic ring is 1. The van der Waals surface area contributed by atoms with Gasteiger partial charge in [-0.1, -0.05) is 5.21 Å². The molecule has 2 N–H and O–H groups in total. The van der Waals surface area contributed by atoms with Crippen LogP contribution in [0.3, 0.4) is 0 Å². The summed E-state index contributed by atoms with van der Waals surface area (Å²) < 4.78 is 32.1. The summed E-state index contributed by atoms with van der Waals surface area (Å²) >= 11 is 0. The minimum absolute atomic E-state index is 0.0647. The standard InChI is InChI=1S/C21H16F2N12/c1-10(14-7-34(32-30-14)15-4-3-11(22)5-13(15)23)35-21-16(19(24)26-9-28-21)18(31-35)17-12-6-29-33(2)20(12)27-8-25-17/h3-10H,1-2H3,(H2,24,26,28). The van der Waals surface area contributed by atoms with E-state index in [0.29, 0.717) is 39.1 Å². The van der Waals surface area contributed by atoms with Crippen LogP contribution in [-0.2, 0) is 7.05 Å². The largest absolute Gasteiger partial charge is 0.383 e. The zero-order valence-electron chi connectivity index (χ0n) is 18.4. The Hall–Kier alpha value is -4.88. The van der Waals surface area contributed by atoms with E-state index < -0.39 is 17.7 Å². The van der Waals surface area contributed by atoms with Crippen molar-refractivity contribution in [2.24, 2.45) is 7.05 Å². The van der Waals surface area contributed by atoms with Crippen molar-refractivity contribution in [2.45, 2.75) is 13.0 Å². The third-order valence-electron chi connectivity index (χ3n) is 5.73. The number of nitrogens with two attached hydrogens (primary N) is 1. The second-order valence-electron chi connectivity index (χ2n) is 7.84. The SMILES string of the molecule is CC(c1cn(-c2ccc(F)cc2F)nn1)n1nc(-c2ncnc3c2cnn3C)c2c(N)ncnc21. The average Bonchev–Trinajstić information content (AvgIpc) is 3.57. The van der Waals surface area contributed by atoms with Crippen molar-refractivity contribution in [1.29, 1.82) is 0 Å². The minimum Gasteiger partial charge on any atom is -0.383 e. The molecule has 6 rings (SSSR count). The lowest BCUT2D eigenvalue weighted by Gasteiger charge is -2.09. The topological polar surface area (TPSA) is 144 Å². The van der Waals surface area contributed by atoms with Gasteiger partial charge < -0.3 is 5.73 Å². The summed E-state index contributed by atoms with van der Waals surface area (Å²) in [5.74, 6) is -1.21. The fourth-order valence-corrected chi connectivity index (χ4v) is 3.96. The lowest BCUT2D eigenvalue weighted by molar-refractivity contribution is 0.565. The van der Waals surface area contributed by atoms with Gasteiger partial charge in [0.25, 0.3) is 0 Å². The minimum atomic E-state index is -0.759. The Morgan fingerprint density at radius 1 is 1.00 bits per heavy atom. The Labute approximate surface area is 195 Å². The predicted molar refractivity (Wildman–Crippen MR) is 120 cm³/mol. The average molecular weight is 474 g/mol. The number of aryl methyl sites for hydroxylation is 1. The summed E-state index contributed by atoms with van der Waals surface area (Å²) in [5.41, 5.74) is 8.84. The Morgan fingerprint density at radius 2 is 1.80 bits per heavy atom. The molecule has 5 aromatic heterocycles. The molecule has 0 fully saturated rings. The first-order chi connectivity index (χ1) is 16.9. The van der Waals surface area contributed by atoms with E-state index in [-0.39, 0.29) is 11.5 Å². The van der Waals surface area contributed by atoms with Crippen LogP contribution in [0.2, 0.25) is 0 Å². The Morgan fingerprint density at radius 3 is 2.63 bits per heavy atom. The normalized spacial score (nSPS) is 12.6. The quantitative estimate of drug-likeness (QED) is 0.407. The molecule has 35 heavy (non-hydrogen) atoms.